The molecule has 0 unspecified atom stereocenters. The van der Waals surface area contributed by atoms with Crippen molar-refractivity contribution in [3.63, 3.8) is 0 Å². The highest BCUT2D eigenvalue weighted by Gasteiger charge is 2.53. The summed E-state index contributed by atoms with van der Waals surface area (Å²) in [4.78, 5) is 96.9. The number of piperidine rings is 1. The minimum Gasteiger partial charge on any atom is -0.459 e. The molecule has 3 saturated heterocycles. The molecule has 1 saturated carbocycles. The van der Waals surface area contributed by atoms with E-state index >= 15 is 0 Å². The van der Waals surface area contributed by atoms with Crippen LogP contribution in [0.25, 0.3) is 0 Å². The highest BCUT2D eigenvalue weighted by Crippen LogP contribution is 2.38. The number of fused-ring (bicyclic) bond motifs is 3. The number of esters is 1. The number of hydrogen-bond donors (Lipinski definition) is 7. The van der Waals surface area contributed by atoms with Crippen LogP contribution in [-0.2, 0) is 58.9 Å². The summed E-state index contributed by atoms with van der Waals surface area (Å²) in [5.74, 6) is -7.97. The third-order valence-electron chi connectivity index (χ3n) is 18.4. The highest BCUT2D eigenvalue weighted by atomic mass is 16.6. The van der Waals surface area contributed by atoms with Crippen LogP contribution >= 0.6 is 0 Å². The quantitative estimate of drug-likeness (QED) is 0.0565. The van der Waals surface area contributed by atoms with E-state index in [0.29, 0.717) is 57.3 Å². The molecule has 1 aromatic heterocycles. The number of methoxy groups -OCH3 is 2. The topological polar surface area (TPSA) is 324 Å². The van der Waals surface area contributed by atoms with Crippen molar-refractivity contribution in [1.82, 2.24) is 30.4 Å². The molecule has 0 aromatic carbocycles. The van der Waals surface area contributed by atoms with Gasteiger partial charge in [-0.3, -0.25) is 19.2 Å². The van der Waals surface area contributed by atoms with Crippen molar-refractivity contribution in [3.8, 4) is 0 Å². The van der Waals surface area contributed by atoms with E-state index in [9.17, 15) is 49.2 Å². The number of carbonyl (C=O) groups is 6. The van der Waals surface area contributed by atoms with Gasteiger partial charge in [-0.25, -0.2) is 19.6 Å². The van der Waals surface area contributed by atoms with Gasteiger partial charge in [0.05, 0.1) is 37.6 Å². The number of nitrogens with two attached hydrogens (primary N) is 1. The minimum absolute atomic E-state index is 0.0207. The lowest BCUT2D eigenvalue weighted by molar-refractivity contribution is -0.265. The van der Waals surface area contributed by atoms with E-state index in [0.717, 1.165) is 42.2 Å². The van der Waals surface area contributed by atoms with E-state index < -0.39 is 114 Å². The van der Waals surface area contributed by atoms with Crippen molar-refractivity contribution >= 4 is 41.4 Å². The van der Waals surface area contributed by atoms with Gasteiger partial charge in [0.15, 0.2) is 5.78 Å². The van der Waals surface area contributed by atoms with E-state index in [2.05, 4.69) is 37.4 Å². The molecule has 3 amide bonds. The zero-order valence-electron chi connectivity index (χ0n) is 53.8. The number of alkyl carbamates (subject to hydrolysis) is 1. The molecule has 24 heteroatoms. The number of aromatic nitrogens is 2. The Labute approximate surface area is 525 Å². The number of aliphatic hydroxyl groups excluding tert-OH is 3. The predicted octanol–water partition coefficient (Wildman–Crippen LogP) is 4.01. The van der Waals surface area contributed by atoms with Crippen LogP contribution in [0.4, 0.5) is 10.7 Å². The first-order valence-corrected chi connectivity index (χ1v) is 32.0. The molecular weight excluding hydrogens is 1150 g/mol. The average Bonchev–Trinajstić information content (AvgIpc) is 1.39. The summed E-state index contributed by atoms with van der Waals surface area (Å²) in [6.45, 7) is 14.7. The van der Waals surface area contributed by atoms with Crippen molar-refractivity contribution in [2.24, 2.45) is 35.3 Å². The van der Waals surface area contributed by atoms with Crippen molar-refractivity contribution in [2.75, 3.05) is 78.6 Å². The maximum atomic E-state index is 14.6. The smallest absolute Gasteiger partial charge is 0.407 e. The van der Waals surface area contributed by atoms with Gasteiger partial charge in [0.25, 0.3) is 11.7 Å². The molecule has 498 valence electrons. The minimum atomic E-state index is -2.49. The SMILES string of the molecule is CO[C@H]1C[C@@H]2CC[C@@H](C)[C@@](O)(O2)C(=O)C(=O)N2CCCC[C@H]2C(=O)O[C@H]([C@H](N)C[C@@H]2CC[C@@H](OC(=O)NCCOCCC(=O)NCc3cnc(N4CCN(C)CC4)nc3)[C@H](OC)C2)C[C@@H](O)[C@H](C)/C=C(\C)[C@@H](O)[C@@H](O)C(=O)[C@H](C)C[C@H](C)/C=C/C=C/C=C/1C. The van der Waals surface area contributed by atoms with Crippen LogP contribution in [0.3, 0.4) is 0 Å². The average molecular weight is 1250 g/mol. The van der Waals surface area contributed by atoms with Crippen LogP contribution in [0.1, 0.15) is 131 Å². The maximum absolute atomic E-state index is 14.6. The molecule has 89 heavy (non-hydrogen) atoms. The van der Waals surface area contributed by atoms with Crippen molar-refractivity contribution in [2.45, 2.75) is 198 Å². The molecule has 8 N–H and O–H groups in total. The Bertz CT molecular complexity index is 2600. The lowest BCUT2D eigenvalue weighted by Gasteiger charge is -2.42. The van der Waals surface area contributed by atoms with Gasteiger partial charge >= 0.3 is 12.1 Å². The molecule has 1 aromatic rings. The Morgan fingerprint density at radius 1 is 0.820 bits per heavy atom. The summed E-state index contributed by atoms with van der Waals surface area (Å²) in [5.41, 5.74) is 8.88. The molecule has 2 bridgehead atoms. The summed E-state index contributed by atoms with van der Waals surface area (Å²) >= 11 is 0. The number of piperazine rings is 1. The Hall–Kier alpha value is -5.54. The normalized spacial score (nSPS) is 34.6. The van der Waals surface area contributed by atoms with Crippen LogP contribution in [0.15, 0.2) is 60.0 Å². The number of Topliss-reactive ketones (excluding diaryl/α,β-unsaturated/α-hetero) is 2. The van der Waals surface area contributed by atoms with Crippen LogP contribution in [0.5, 0.6) is 0 Å². The van der Waals surface area contributed by atoms with Gasteiger partial charge in [-0.05, 0) is 108 Å². The fourth-order valence-electron chi connectivity index (χ4n) is 12.5. The largest absolute Gasteiger partial charge is 0.459 e. The summed E-state index contributed by atoms with van der Waals surface area (Å²) in [5, 5.41) is 51.9. The van der Waals surface area contributed by atoms with E-state index in [1.165, 1.54) is 7.11 Å². The molecule has 1 aliphatic carbocycles. The van der Waals surface area contributed by atoms with Crippen molar-refractivity contribution in [3.05, 3.63) is 65.6 Å². The van der Waals surface area contributed by atoms with Crippen LogP contribution in [0, 0.1) is 29.6 Å². The zero-order valence-corrected chi connectivity index (χ0v) is 53.8. The molecule has 5 aliphatic rings. The number of cyclic esters (lactones) is 1. The van der Waals surface area contributed by atoms with Gasteiger partial charge in [0.1, 0.15) is 30.5 Å². The molecular formula is C65H102N8O16. The first-order chi connectivity index (χ1) is 42.4. The third kappa shape index (κ3) is 21.3. The van der Waals surface area contributed by atoms with E-state index in [1.54, 1.807) is 53.3 Å². The van der Waals surface area contributed by atoms with Crippen LogP contribution < -0.4 is 21.3 Å². The Morgan fingerprint density at radius 2 is 1.55 bits per heavy atom. The standard InChI is InChI=1S/C65H102N8O16/c1-40-15-11-10-12-16-41(2)53(84-8)35-48-20-18-45(6)65(83,89-48)60(79)61(80)73-24-14-13-17-50(73)62(81)87-54(36-51(74)42(3)32-44(5)58(77)59(78)57(76)43(4)31-40)49(66)33-46-19-21-52(55(34-46)85-9)88-64(82)67-23-30-86-29-22-56(75)68-37-47-38-69-63(70-39-47)72-27-25-71(7)26-28-72/h10-12,15-16,32,38-40,42-43,45-46,48-55,58-59,74,77-78,83H,13-14,17-31,33-37,66H2,1-9H3,(H,67,82)(H,68,75)/b12-10+,15-11+,41-16+,44-32+/t40-,42-,43-,45-,46+,48+,49-,50+,51-,52-,53+,54+,55-,58-,59+,65-/m1/s1. The number of ether oxygens (including phenoxy) is 6. The molecule has 4 fully saturated rings. The predicted molar refractivity (Wildman–Crippen MR) is 331 cm³/mol. The maximum Gasteiger partial charge on any atom is 0.407 e. The second-order valence-corrected chi connectivity index (χ2v) is 25.4. The number of carbonyl (C=O) groups excluding carboxylic acids is 6. The van der Waals surface area contributed by atoms with Gasteiger partial charge in [0, 0.05) is 121 Å². The summed E-state index contributed by atoms with van der Waals surface area (Å²) in [6.07, 6.45) is 9.86. The van der Waals surface area contributed by atoms with Gasteiger partial charge in [-0.1, -0.05) is 64.2 Å². The number of amides is 3. The number of nitrogens with one attached hydrogen (secondary N) is 2. The monoisotopic (exact) mass is 1250 g/mol. The molecule has 0 radical (unpaired) electrons. The molecule has 24 nitrogen and oxygen atoms in total. The Balaban J connectivity index is 1.08. The van der Waals surface area contributed by atoms with Gasteiger partial charge in [0.2, 0.25) is 17.6 Å². The molecule has 0 spiro atoms. The molecule has 5 heterocycles. The van der Waals surface area contributed by atoms with E-state index in [1.807, 2.05) is 44.2 Å². The zero-order chi connectivity index (χ0) is 65.0. The lowest BCUT2D eigenvalue weighted by atomic mass is 9.80. The number of nitrogens with zero attached hydrogens (tertiary/aromatic N) is 5. The van der Waals surface area contributed by atoms with E-state index in [4.69, 9.17) is 34.2 Å². The second-order valence-electron chi connectivity index (χ2n) is 25.4. The number of ketones is 2. The summed E-state index contributed by atoms with van der Waals surface area (Å²) in [6, 6.07) is -2.14. The van der Waals surface area contributed by atoms with Crippen molar-refractivity contribution in [1.29, 1.82) is 0 Å². The van der Waals surface area contributed by atoms with Gasteiger partial charge in [-0.2, -0.15) is 0 Å². The van der Waals surface area contributed by atoms with Crippen molar-refractivity contribution < 1.29 is 77.6 Å². The van der Waals surface area contributed by atoms with Gasteiger partial charge in [-0.15, -0.1) is 0 Å². The van der Waals surface area contributed by atoms with Crippen LogP contribution in [0.2, 0.25) is 0 Å². The number of allylic oxidation sites excluding steroid dienone is 5. The number of rotatable bonds is 15. The fourth-order valence-corrected chi connectivity index (χ4v) is 12.5. The van der Waals surface area contributed by atoms with Crippen LogP contribution in [-0.4, -0.2) is 216 Å². The summed E-state index contributed by atoms with van der Waals surface area (Å²) in [7, 11) is 5.16. The summed E-state index contributed by atoms with van der Waals surface area (Å²) < 4.78 is 35.6. The molecule has 4 aliphatic heterocycles. The number of hydrogen-bond acceptors (Lipinski definition) is 21. The number of anilines is 1. The number of aliphatic hydroxyl groups is 4. The fraction of sp³-hybridized carbons (Fsp3) is 0.723. The third-order valence-corrected chi connectivity index (χ3v) is 18.4. The molecule has 6 rings (SSSR count). The first kappa shape index (κ1) is 72.5. The highest BCUT2D eigenvalue weighted by molar-refractivity contribution is 6.39. The van der Waals surface area contributed by atoms with Gasteiger partial charge < -0.3 is 79.9 Å². The second kappa shape index (κ2) is 35.3. The Morgan fingerprint density at radius 3 is 2.26 bits per heavy atom. The van der Waals surface area contributed by atoms with E-state index in [-0.39, 0.29) is 88.3 Å². The number of likely N-dealkylation sites (N-methyl/N-ethyl adjacent to an activating group) is 1. The lowest BCUT2D eigenvalue weighted by Crippen LogP contribution is -2.61. The first-order valence-electron chi connectivity index (χ1n) is 32.0. The Kier molecular flexibility index (Phi) is 28.8. The molecule has 16 atom stereocenters.